The maximum absolute atomic E-state index is 12.7. The van der Waals surface area contributed by atoms with Crippen molar-refractivity contribution in [3.63, 3.8) is 0 Å². The molecule has 1 saturated heterocycles. The van der Waals surface area contributed by atoms with E-state index >= 15 is 0 Å². The molecule has 0 spiro atoms. The van der Waals surface area contributed by atoms with Crippen LogP contribution in [0.4, 0.5) is 11.4 Å². The summed E-state index contributed by atoms with van der Waals surface area (Å²) in [6.07, 6.45) is 2.34. The van der Waals surface area contributed by atoms with Gasteiger partial charge in [-0.2, -0.15) is 0 Å². The van der Waals surface area contributed by atoms with Gasteiger partial charge in [-0.25, -0.2) is 0 Å². The molecule has 0 atom stereocenters. The van der Waals surface area contributed by atoms with E-state index in [1.54, 1.807) is 6.07 Å². The van der Waals surface area contributed by atoms with Gasteiger partial charge in [0.05, 0.1) is 5.69 Å². The molecule has 0 aromatic heterocycles. The van der Waals surface area contributed by atoms with Crippen molar-refractivity contribution in [2.24, 2.45) is 5.92 Å². The number of piperidine rings is 1. The van der Waals surface area contributed by atoms with Crippen LogP contribution in [-0.4, -0.2) is 30.4 Å². The fraction of sp³-hybridized carbons (Fsp3) is 0.391. The number of phenols is 1. The molecule has 0 radical (unpaired) electrons. The van der Waals surface area contributed by atoms with E-state index in [2.05, 4.69) is 31.0 Å². The van der Waals surface area contributed by atoms with Gasteiger partial charge < -0.3 is 15.3 Å². The minimum absolute atomic E-state index is 0.0442. The number of nitrogens with zero attached hydrogens (tertiary/aromatic N) is 1. The average Bonchev–Trinajstić information content (AvgIpc) is 2.69. The lowest BCUT2D eigenvalue weighted by Gasteiger charge is -2.33. The summed E-state index contributed by atoms with van der Waals surface area (Å²) >= 11 is 0. The molecular formula is C23H28N2O3. The van der Waals surface area contributed by atoms with Crippen LogP contribution >= 0.6 is 0 Å². The number of anilines is 2. The lowest BCUT2D eigenvalue weighted by molar-refractivity contribution is -0.120. The number of nitrogens with one attached hydrogen (secondary N) is 1. The maximum atomic E-state index is 12.7. The Morgan fingerprint density at radius 1 is 1.11 bits per heavy atom. The number of carbonyl (C=O) groups is 2. The van der Waals surface area contributed by atoms with Crippen LogP contribution in [0.25, 0.3) is 0 Å². The van der Waals surface area contributed by atoms with Crippen LogP contribution in [0.3, 0.4) is 0 Å². The summed E-state index contributed by atoms with van der Waals surface area (Å²) in [6, 6.07) is 12.9. The number of carbonyl (C=O) groups excluding carboxylic acids is 2. The zero-order chi connectivity index (χ0) is 20.3. The summed E-state index contributed by atoms with van der Waals surface area (Å²) in [5.41, 5.74) is 3.21. The number of aromatic hydroxyl groups is 1. The number of hydrogen-bond donors (Lipinski definition) is 2. The zero-order valence-corrected chi connectivity index (χ0v) is 16.7. The molecule has 2 aromatic rings. The molecule has 2 N–H and O–H groups in total. The number of hydrogen-bond acceptors (Lipinski definition) is 4. The molecule has 5 nitrogen and oxygen atoms in total. The third kappa shape index (κ3) is 4.53. The van der Waals surface area contributed by atoms with Gasteiger partial charge in [0.1, 0.15) is 12.0 Å². The molecule has 0 unspecified atom stereocenters. The molecule has 0 aliphatic carbocycles. The van der Waals surface area contributed by atoms with Crippen LogP contribution in [0.5, 0.6) is 5.75 Å². The van der Waals surface area contributed by atoms with Crippen molar-refractivity contribution in [1.29, 1.82) is 0 Å². The van der Waals surface area contributed by atoms with E-state index in [9.17, 15) is 14.7 Å². The van der Waals surface area contributed by atoms with Gasteiger partial charge >= 0.3 is 0 Å². The molecule has 1 aliphatic heterocycles. The van der Waals surface area contributed by atoms with Crippen molar-refractivity contribution >= 4 is 23.6 Å². The highest BCUT2D eigenvalue weighted by atomic mass is 16.3. The third-order valence-electron chi connectivity index (χ3n) is 5.38. The smallest absolute Gasteiger partial charge is 0.227 e. The normalized spacial score (nSPS) is 15.3. The van der Waals surface area contributed by atoms with Crippen LogP contribution in [0.15, 0.2) is 42.5 Å². The van der Waals surface area contributed by atoms with E-state index in [-0.39, 0.29) is 23.0 Å². The Hall–Kier alpha value is -2.82. The summed E-state index contributed by atoms with van der Waals surface area (Å²) in [7, 11) is 0. The van der Waals surface area contributed by atoms with Gasteiger partial charge in [0.2, 0.25) is 5.91 Å². The number of rotatable bonds is 4. The molecular weight excluding hydrogens is 352 g/mol. The van der Waals surface area contributed by atoms with Crippen molar-refractivity contribution < 1.29 is 14.7 Å². The van der Waals surface area contributed by atoms with Gasteiger partial charge in [-0.05, 0) is 60.2 Å². The summed E-state index contributed by atoms with van der Waals surface area (Å²) in [6.45, 7) is 7.87. The quantitative estimate of drug-likeness (QED) is 0.611. The zero-order valence-electron chi connectivity index (χ0n) is 16.7. The first kappa shape index (κ1) is 19.9. The SMILES string of the molecule is CC(C)(C)c1ccc(O)c(NC(=O)C2CCN(c3ccc(C=O)cc3)CC2)c1. The largest absolute Gasteiger partial charge is 0.506 e. The summed E-state index contributed by atoms with van der Waals surface area (Å²) < 4.78 is 0. The van der Waals surface area contributed by atoms with Crippen LogP contribution in [0.2, 0.25) is 0 Å². The number of aldehydes is 1. The molecule has 3 rings (SSSR count). The maximum Gasteiger partial charge on any atom is 0.227 e. The number of benzene rings is 2. The Kier molecular flexibility index (Phi) is 5.73. The molecule has 1 amide bonds. The first-order chi connectivity index (χ1) is 13.3. The third-order valence-corrected chi connectivity index (χ3v) is 5.38. The Balaban J connectivity index is 1.62. The van der Waals surface area contributed by atoms with Gasteiger partial charge in [0.15, 0.2) is 0 Å². The molecule has 1 aliphatic rings. The molecule has 1 fully saturated rings. The fourth-order valence-corrected chi connectivity index (χ4v) is 3.50. The van der Waals surface area contributed by atoms with Crippen molar-refractivity contribution in [2.75, 3.05) is 23.3 Å². The molecule has 0 bridgehead atoms. The second-order valence-corrected chi connectivity index (χ2v) is 8.44. The van der Waals surface area contributed by atoms with Crippen LogP contribution in [0.1, 0.15) is 49.5 Å². The highest BCUT2D eigenvalue weighted by Gasteiger charge is 2.26. The van der Waals surface area contributed by atoms with Gasteiger partial charge in [-0.15, -0.1) is 0 Å². The predicted molar refractivity (Wildman–Crippen MR) is 112 cm³/mol. The van der Waals surface area contributed by atoms with Crippen LogP contribution in [-0.2, 0) is 10.2 Å². The standard InChI is InChI=1S/C23H28N2O3/c1-23(2,3)18-6-9-21(27)20(14-18)24-22(28)17-10-12-25(13-11-17)19-7-4-16(15-26)5-8-19/h4-9,14-15,17,27H,10-13H2,1-3H3,(H,24,28). The first-order valence-electron chi connectivity index (χ1n) is 9.72. The molecule has 148 valence electrons. The molecule has 2 aromatic carbocycles. The molecule has 0 saturated carbocycles. The lowest BCUT2D eigenvalue weighted by Crippen LogP contribution is -2.38. The monoisotopic (exact) mass is 380 g/mol. The Morgan fingerprint density at radius 3 is 2.32 bits per heavy atom. The second kappa shape index (κ2) is 8.05. The predicted octanol–water partition coefficient (Wildman–Crippen LogP) is 4.36. The Labute approximate surface area is 166 Å². The van der Waals surface area contributed by atoms with E-state index < -0.39 is 0 Å². The highest BCUT2D eigenvalue weighted by molar-refractivity contribution is 5.94. The van der Waals surface area contributed by atoms with Crippen LogP contribution in [0, 0.1) is 5.92 Å². The second-order valence-electron chi connectivity index (χ2n) is 8.44. The topological polar surface area (TPSA) is 69.6 Å². The Bertz CT molecular complexity index is 845. The van der Waals surface area contributed by atoms with Crippen molar-refractivity contribution in [3.8, 4) is 5.75 Å². The van der Waals surface area contributed by atoms with E-state index in [4.69, 9.17) is 0 Å². The van der Waals surface area contributed by atoms with Crippen molar-refractivity contribution in [2.45, 2.75) is 39.0 Å². The van der Waals surface area contributed by atoms with Gasteiger partial charge in [-0.1, -0.05) is 26.8 Å². The van der Waals surface area contributed by atoms with Crippen molar-refractivity contribution in [1.82, 2.24) is 0 Å². The number of phenolic OH excluding ortho intramolecular Hbond substituents is 1. The van der Waals surface area contributed by atoms with E-state index in [1.165, 1.54) is 0 Å². The van der Waals surface area contributed by atoms with E-state index in [1.807, 2.05) is 36.4 Å². The average molecular weight is 380 g/mol. The van der Waals surface area contributed by atoms with Gasteiger partial charge in [0, 0.05) is 30.3 Å². The minimum Gasteiger partial charge on any atom is -0.506 e. The fourth-order valence-electron chi connectivity index (χ4n) is 3.50. The van der Waals surface area contributed by atoms with Crippen LogP contribution < -0.4 is 10.2 Å². The lowest BCUT2D eigenvalue weighted by atomic mass is 9.86. The van der Waals surface area contributed by atoms with Gasteiger partial charge in [0.25, 0.3) is 0 Å². The highest BCUT2D eigenvalue weighted by Crippen LogP contribution is 2.32. The Morgan fingerprint density at radius 2 is 1.75 bits per heavy atom. The van der Waals surface area contributed by atoms with Gasteiger partial charge in [-0.3, -0.25) is 9.59 Å². The summed E-state index contributed by atoms with van der Waals surface area (Å²) in [5.74, 6) is -0.0328. The van der Waals surface area contributed by atoms with Crippen molar-refractivity contribution in [3.05, 3.63) is 53.6 Å². The summed E-state index contributed by atoms with van der Waals surface area (Å²) in [4.78, 5) is 25.7. The van der Waals surface area contributed by atoms with E-state index in [0.717, 1.165) is 43.5 Å². The molecule has 1 heterocycles. The number of amides is 1. The van der Waals surface area contributed by atoms with E-state index in [0.29, 0.717) is 11.3 Å². The molecule has 5 heteroatoms. The minimum atomic E-state index is -0.0804. The molecule has 28 heavy (non-hydrogen) atoms. The first-order valence-corrected chi connectivity index (χ1v) is 9.72. The summed E-state index contributed by atoms with van der Waals surface area (Å²) in [5, 5.41) is 13.0.